The number of nitrogens with one attached hydrogen (secondary N) is 4. The van der Waals surface area contributed by atoms with Crippen LogP contribution in [0, 0.1) is 11.8 Å². The van der Waals surface area contributed by atoms with Crippen LogP contribution in [0.3, 0.4) is 0 Å². The second-order valence-corrected chi connectivity index (χ2v) is 18.9. The van der Waals surface area contributed by atoms with Gasteiger partial charge in [-0.1, -0.05) is 86.6 Å². The first-order chi connectivity index (χ1) is 32.6. The molecule has 0 spiro atoms. The third-order valence-electron chi connectivity index (χ3n) is 14.3. The van der Waals surface area contributed by atoms with Crippen LogP contribution in [-0.4, -0.2) is 98.4 Å². The molecule has 4 aliphatic rings. The summed E-state index contributed by atoms with van der Waals surface area (Å²) >= 11 is 0. The van der Waals surface area contributed by atoms with Gasteiger partial charge in [0.25, 0.3) is 0 Å². The number of aromatic amines is 2. The summed E-state index contributed by atoms with van der Waals surface area (Å²) in [7, 11) is 1.40. The molecule has 3 aliphatic heterocycles. The standard InChI is InChI=1S/C53H60N8O6/c1-31(2)45(59-53(65)66-3)51(63)61-24-8-12-44(61)49-55-41-20-18-38-28-37(17-19-40(38)47(41)57-49)34-13-14-36-29-39(16-15-35(36)27-34)42-30-54-48(56-42)43-11-7-23-60(43)52(64)46(32-9-5-4-6-10-32)58-50(62)33-21-25-67-26-22-33/h4-6,9-10,13-17,19,27-31,33,43-46,53,59,65H,7-8,11-12,18,20-26H2,1-3H3,(H,54,56)(H,55,57)(H,58,62). The van der Waals surface area contributed by atoms with Gasteiger partial charge >= 0.3 is 0 Å². The van der Waals surface area contributed by atoms with Gasteiger partial charge in [0.15, 0.2) is 0 Å². The van der Waals surface area contributed by atoms with Gasteiger partial charge in [-0.3, -0.25) is 19.7 Å². The Morgan fingerprint density at radius 3 is 2.19 bits per heavy atom. The molecule has 5 atom stereocenters. The van der Waals surface area contributed by atoms with Crippen molar-refractivity contribution in [1.82, 2.24) is 40.4 Å². The topological polar surface area (TPSA) is 178 Å². The molecule has 14 nitrogen and oxygen atoms in total. The predicted molar refractivity (Wildman–Crippen MR) is 255 cm³/mol. The third kappa shape index (κ3) is 9.03. The molecule has 5 unspecified atom stereocenters. The Balaban J connectivity index is 0.835. The highest BCUT2D eigenvalue weighted by Crippen LogP contribution is 2.40. The Labute approximate surface area is 390 Å². The minimum absolute atomic E-state index is 0.0408. The number of nitrogens with zero attached hydrogens (tertiary/aromatic N) is 4. The number of carbonyl (C=O) groups excluding carboxylic acids is 3. The third-order valence-corrected chi connectivity index (χ3v) is 14.3. The highest BCUT2D eigenvalue weighted by molar-refractivity contribution is 5.92. The molecule has 3 saturated heterocycles. The minimum atomic E-state index is -1.22. The number of likely N-dealkylation sites (tertiary alicyclic amines) is 2. The number of imidazole rings is 2. The summed E-state index contributed by atoms with van der Waals surface area (Å²) in [6.45, 7) is 6.26. The Kier molecular flexibility index (Phi) is 12.8. The lowest BCUT2D eigenvalue weighted by molar-refractivity contribution is -0.145. The van der Waals surface area contributed by atoms with Gasteiger partial charge in [-0.25, -0.2) is 9.97 Å². The van der Waals surface area contributed by atoms with Crippen molar-refractivity contribution in [2.75, 3.05) is 33.4 Å². The predicted octanol–water partition coefficient (Wildman–Crippen LogP) is 7.53. The van der Waals surface area contributed by atoms with E-state index in [1.165, 1.54) is 12.7 Å². The number of hydrogen-bond donors (Lipinski definition) is 5. The largest absolute Gasteiger partial charge is 0.381 e. The lowest BCUT2D eigenvalue weighted by Gasteiger charge is -2.31. The van der Waals surface area contributed by atoms with Crippen molar-refractivity contribution in [3.8, 4) is 33.6 Å². The first-order valence-electron chi connectivity index (χ1n) is 24.0. The Hall–Kier alpha value is -6.19. The monoisotopic (exact) mass is 904 g/mol. The summed E-state index contributed by atoms with van der Waals surface area (Å²) in [4.78, 5) is 62.5. The van der Waals surface area contributed by atoms with Gasteiger partial charge in [0.1, 0.15) is 17.7 Å². The number of aryl methyl sites for hydroxylation is 2. The number of aromatic nitrogens is 4. The van der Waals surface area contributed by atoms with Gasteiger partial charge in [-0.05, 0) is 102 Å². The van der Waals surface area contributed by atoms with Crippen molar-refractivity contribution in [2.24, 2.45) is 11.8 Å². The van der Waals surface area contributed by atoms with Gasteiger partial charge < -0.3 is 39.7 Å². The number of fused-ring (bicyclic) bond motifs is 4. The zero-order valence-electron chi connectivity index (χ0n) is 38.5. The van der Waals surface area contributed by atoms with E-state index in [1.54, 1.807) is 0 Å². The molecule has 2 aromatic heterocycles. The van der Waals surface area contributed by atoms with Crippen LogP contribution in [0.5, 0.6) is 0 Å². The molecule has 10 rings (SSSR count). The van der Waals surface area contributed by atoms with Gasteiger partial charge in [0, 0.05) is 56.2 Å². The molecule has 3 amide bonds. The fourth-order valence-corrected chi connectivity index (χ4v) is 10.6. The molecule has 1 aliphatic carbocycles. The van der Waals surface area contributed by atoms with E-state index < -0.39 is 18.5 Å². The van der Waals surface area contributed by atoms with Crippen molar-refractivity contribution < 1.29 is 29.0 Å². The fourth-order valence-electron chi connectivity index (χ4n) is 10.6. The quantitative estimate of drug-likeness (QED) is 0.0734. The van der Waals surface area contributed by atoms with Crippen LogP contribution in [0.15, 0.2) is 91.1 Å². The number of rotatable bonds is 13. The number of H-pyrrole nitrogens is 2. The molecule has 67 heavy (non-hydrogen) atoms. The van der Waals surface area contributed by atoms with Gasteiger partial charge in [-0.2, -0.15) is 0 Å². The van der Waals surface area contributed by atoms with Crippen LogP contribution < -0.4 is 10.6 Å². The number of methoxy groups -OCH3 is 1. The first-order valence-corrected chi connectivity index (χ1v) is 24.0. The maximum atomic E-state index is 14.4. The zero-order valence-corrected chi connectivity index (χ0v) is 38.5. The van der Waals surface area contributed by atoms with E-state index in [1.807, 2.05) is 60.2 Å². The SMILES string of the molecule is COC(O)NC(C(=O)N1CCCC1c1nc2c([nH]1)CCc1cc(-c3ccc4cc(-c5cnc(C6CCCN6C(=O)C(NC(=O)C6CCOCC6)c6ccccc6)[nH]5)ccc4c3)ccc1-2)C(C)C. The van der Waals surface area contributed by atoms with Gasteiger partial charge in [0.2, 0.25) is 24.1 Å². The number of hydrogen-bond acceptors (Lipinski definition) is 9. The van der Waals surface area contributed by atoms with Crippen LogP contribution in [0.1, 0.15) is 99.0 Å². The summed E-state index contributed by atoms with van der Waals surface area (Å²) in [5.41, 5.74) is 9.38. The average molecular weight is 905 g/mol. The molecule has 6 aromatic rings. The number of ether oxygens (including phenoxy) is 2. The molecule has 5 heterocycles. The number of benzene rings is 4. The van der Waals surface area contributed by atoms with Crippen LogP contribution in [0.25, 0.3) is 44.4 Å². The lowest BCUT2D eigenvalue weighted by Crippen LogP contribution is -2.52. The molecule has 3 fully saturated rings. The molecule has 14 heteroatoms. The highest BCUT2D eigenvalue weighted by atomic mass is 16.6. The van der Waals surface area contributed by atoms with E-state index in [2.05, 4.69) is 75.2 Å². The van der Waals surface area contributed by atoms with E-state index >= 15 is 0 Å². The number of aliphatic hydroxyl groups excluding tert-OH is 1. The molecule has 0 radical (unpaired) electrons. The molecular formula is C53H60N8O6. The summed E-state index contributed by atoms with van der Waals surface area (Å²) in [5, 5.41) is 18.4. The molecular weight excluding hydrogens is 845 g/mol. The Bertz CT molecular complexity index is 2760. The van der Waals surface area contributed by atoms with E-state index in [4.69, 9.17) is 19.4 Å². The second kappa shape index (κ2) is 19.2. The van der Waals surface area contributed by atoms with Crippen molar-refractivity contribution in [3.05, 3.63) is 120 Å². The Morgan fingerprint density at radius 2 is 1.46 bits per heavy atom. The normalized spacial score (nSPS) is 19.9. The molecule has 5 N–H and O–H groups in total. The summed E-state index contributed by atoms with van der Waals surface area (Å²) in [5.74, 6) is 1.07. The smallest absolute Gasteiger partial charge is 0.250 e. The van der Waals surface area contributed by atoms with Crippen LogP contribution in [0.2, 0.25) is 0 Å². The zero-order chi connectivity index (χ0) is 46.2. The Morgan fingerprint density at radius 1 is 0.791 bits per heavy atom. The van der Waals surface area contributed by atoms with Gasteiger partial charge in [-0.15, -0.1) is 0 Å². The lowest BCUT2D eigenvalue weighted by atomic mass is 9.89. The number of carbonyl (C=O) groups is 3. The van der Waals surface area contributed by atoms with Crippen LogP contribution in [-0.2, 0) is 36.7 Å². The van der Waals surface area contributed by atoms with Crippen molar-refractivity contribution >= 4 is 28.5 Å². The number of amides is 3. The average Bonchev–Trinajstić information content (AvgIpc) is 4.21. The van der Waals surface area contributed by atoms with E-state index in [0.717, 1.165) is 106 Å². The second-order valence-electron chi connectivity index (χ2n) is 18.9. The summed E-state index contributed by atoms with van der Waals surface area (Å²) in [6.07, 6.45) is 7.00. The number of aliphatic hydroxyl groups is 1. The van der Waals surface area contributed by atoms with Gasteiger partial charge in [0.05, 0.1) is 35.7 Å². The highest BCUT2D eigenvalue weighted by Gasteiger charge is 2.40. The molecule has 348 valence electrons. The maximum Gasteiger partial charge on any atom is 0.250 e. The molecule has 0 saturated carbocycles. The maximum absolute atomic E-state index is 14.4. The first kappa shape index (κ1) is 44.6. The summed E-state index contributed by atoms with van der Waals surface area (Å²) < 4.78 is 10.5. The molecule has 4 aromatic carbocycles. The molecule has 0 bridgehead atoms. The summed E-state index contributed by atoms with van der Waals surface area (Å²) in [6, 6.07) is 27.4. The van der Waals surface area contributed by atoms with Crippen molar-refractivity contribution in [1.29, 1.82) is 0 Å². The van der Waals surface area contributed by atoms with E-state index in [-0.39, 0.29) is 41.6 Å². The van der Waals surface area contributed by atoms with E-state index in [0.29, 0.717) is 39.1 Å². The van der Waals surface area contributed by atoms with Crippen LogP contribution >= 0.6 is 0 Å². The minimum Gasteiger partial charge on any atom is -0.381 e. The van der Waals surface area contributed by atoms with E-state index in [9.17, 15) is 19.5 Å². The fraction of sp³-hybridized carbons (Fsp3) is 0.415. The van der Waals surface area contributed by atoms with Crippen molar-refractivity contribution in [3.63, 3.8) is 0 Å². The van der Waals surface area contributed by atoms with Crippen molar-refractivity contribution in [2.45, 2.75) is 95.8 Å². The van der Waals surface area contributed by atoms with Crippen LogP contribution in [0.4, 0.5) is 0 Å².